The average Bonchev–Trinajstić information content (AvgIpc) is 3.77. The van der Waals surface area contributed by atoms with Crippen LogP contribution in [0.15, 0.2) is 183 Å². The molecule has 0 amide bonds. The maximum Gasteiger partial charge on any atom is 0.163 e. The molecule has 1 aliphatic rings. The molecule has 9 aromatic rings. The maximum atomic E-state index is 6.62. The summed E-state index contributed by atoms with van der Waals surface area (Å²) >= 11 is 0. The molecule has 0 saturated carbocycles. The first-order valence-corrected chi connectivity index (χ1v) is 16.8. The van der Waals surface area contributed by atoms with Crippen molar-refractivity contribution in [2.24, 2.45) is 9.98 Å². The Labute approximate surface area is 287 Å². The Morgan fingerprint density at radius 1 is 0.440 bits per heavy atom. The van der Waals surface area contributed by atoms with Crippen LogP contribution in [-0.2, 0) is 0 Å². The van der Waals surface area contributed by atoms with E-state index in [1.165, 1.54) is 5.56 Å². The van der Waals surface area contributed by atoms with E-state index in [1.807, 2.05) is 42.5 Å². The molecule has 1 N–H and O–H groups in total. The van der Waals surface area contributed by atoms with Gasteiger partial charge in [0, 0.05) is 32.7 Å². The van der Waals surface area contributed by atoms with E-state index in [1.54, 1.807) is 0 Å². The second kappa shape index (κ2) is 11.5. The molecular weight excluding hydrogens is 615 g/mol. The van der Waals surface area contributed by atoms with Crippen LogP contribution in [0.3, 0.4) is 0 Å². The van der Waals surface area contributed by atoms with Crippen LogP contribution in [0.5, 0.6) is 0 Å². The molecule has 3 heterocycles. The summed E-state index contributed by atoms with van der Waals surface area (Å²) in [6.07, 6.45) is -0.335. The van der Waals surface area contributed by atoms with Crippen molar-refractivity contribution in [3.05, 3.63) is 180 Å². The maximum absolute atomic E-state index is 6.62. The largest absolute Gasteiger partial charge is 0.455 e. The molecule has 7 aromatic carbocycles. The van der Waals surface area contributed by atoms with Gasteiger partial charge in [-0.1, -0.05) is 140 Å². The van der Waals surface area contributed by atoms with E-state index >= 15 is 0 Å². The van der Waals surface area contributed by atoms with Gasteiger partial charge in [-0.15, -0.1) is 0 Å². The van der Waals surface area contributed by atoms with Gasteiger partial charge in [-0.3, -0.25) is 0 Å². The molecule has 0 bridgehead atoms. The molecule has 5 nitrogen and oxygen atoms in total. The minimum absolute atomic E-state index is 0.335. The molecule has 0 saturated heterocycles. The molecule has 0 aliphatic carbocycles. The third kappa shape index (κ3) is 4.71. The topological polar surface area (TPSA) is 63.0 Å². The number of rotatable bonds is 5. The Hall–Kier alpha value is -6.72. The lowest BCUT2D eigenvalue weighted by Gasteiger charge is -2.24. The average molecular weight is 644 g/mol. The second-order valence-corrected chi connectivity index (χ2v) is 12.6. The minimum atomic E-state index is -0.335. The minimum Gasteiger partial charge on any atom is -0.455 e. The fourth-order valence-corrected chi connectivity index (χ4v) is 7.09. The van der Waals surface area contributed by atoms with Crippen LogP contribution in [-0.4, -0.2) is 11.7 Å². The number of nitrogens with zero attached hydrogens (tertiary/aromatic N) is 2. The van der Waals surface area contributed by atoms with Gasteiger partial charge in [0.05, 0.1) is 5.56 Å². The van der Waals surface area contributed by atoms with Crippen molar-refractivity contribution in [2.75, 3.05) is 0 Å². The van der Waals surface area contributed by atoms with E-state index in [0.717, 1.165) is 83.1 Å². The lowest BCUT2D eigenvalue weighted by atomic mass is 10.00. The van der Waals surface area contributed by atoms with Crippen molar-refractivity contribution in [3.8, 4) is 22.3 Å². The van der Waals surface area contributed by atoms with Crippen molar-refractivity contribution < 1.29 is 8.83 Å². The predicted molar refractivity (Wildman–Crippen MR) is 204 cm³/mol. The van der Waals surface area contributed by atoms with Gasteiger partial charge in [0.25, 0.3) is 0 Å². The molecule has 1 unspecified atom stereocenters. The fraction of sp³-hybridized carbons (Fsp3) is 0.0222. The van der Waals surface area contributed by atoms with E-state index < -0.39 is 0 Å². The van der Waals surface area contributed by atoms with E-state index in [4.69, 9.17) is 18.8 Å². The van der Waals surface area contributed by atoms with Crippen molar-refractivity contribution in [2.45, 2.75) is 6.17 Å². The molecule has 2 aromatic heterocycles. The zero-order valence-corrected chi connectivity index (χ0v) is 26.9. The standard InChI is InChI=1S/C45H29N3O2/c1-3-11-28(12-4-1)29-21-23-31(24-22-29)44-46-43(30-13-5-2-6-14-30)47-45(48-44)37-19-10-18-36-38-27-32(25-26-40(38)50-42(36)37)33-16-9-17-35-34-15-7-8-20-39(34)49-41(33)35/h1-27,44H,(H,46,47,48). The van der Waals surface area contributed by atoms with Crippen LogP contribution in [0.1, 0.15) is 22.9 Å². The van der Waals surface area contributed by atoms with Crippen LogP contribution in [0.25, 0.3) is 66.1 Å². The van der Waals surface area contributed by atoms with Gasteiger partial charge in [-0.2, -0.15) is 0 Å². The quantitative estimate of drug-likeness (QED) is 0.203. The van der Waals surface area contributed by atoms with Crippen molar-refractivity contribution >= 4 is 55.5 Å². The Morgan fingerprint density at radius 2 is 1.02 bits per heavy atom. The van der Waals surface area contributed by atoms with Gasteiger partial charge in [-0.05, 0) is 46.5 Å². The van der Waals surface area contributed by atoms with Gasteiger partial charge in [-0.25, -0.2) is 9.98 Å². The highest BCUT2D eigenvalue weighted by Crippen LogP contribution is 2.39. The number of amidine groups is 2. The number of furan rings is 2. The second-order valence-electron chi connectivity index (χ2n) is 12.6. The molecule has 1 atom stereocenters. The Balaban J connectivity index is 1.09. The Morgan fingerprint density at radius 3 is 1.80 bits per heavy atom. The molecule has 0 radical (unpaired) electrons. The summed E-state index contributed by atoms with van der Waals surface area (Å²) in [4.78, 5) is 10.3. The van der Waals surface area contributed by atoms with Gasteiger partial charge in [0.2, 0.25) is 0 Å². The summed E-state index contributed by atoms with van der Waals surface area (Å²) in [6, 6.07) is 56.3. The molecule has 0 spiro atoms. The zero-order valence-electron chi connectivity index (χ0n) is 26.9. The van der Waals surface area contributed by atoms with Crippen molar-refractivity contribution in [3.63, 3.8) is 0 Å². The van der Waals surface area contributed by atoms with Crippen molar-refractivity contribution in [1.29, 1.82) is 0 Å². The lowest BCUT2D eigenvalue weighted by molar-refractivity contribution is 0.663. The monoisotopic (exact) mass is 643 g/mol. The SMILES string of the molecule is c1ccc(C2=NC(c3cccc4c3oc3ccc(-c5cccc6c5oc5ccccc56)cc34)=NC(c3ccc(-c4ccccc4)cc3)N2)cc1. The smallest absolute Gasteiger partial charge is 0.163 e. The molecule has 1 aliphatic heterocycles. The lowest BCUT2D eigenvalue weighted by Crippen LogP contribution is -2.33. The summed E-state index contributed by atoms with van der Waals surface area (Å²) in [5.74, 6) is 1.39. The van der Waals surface area contributed by atoms with Crippen LogP contribution in [0, 0.1) is 0 Å². The summed E-state index contributed by atoms with van der Waals surface area (Å²) in [5, 5.41) is 7.86. The third-order valence-corrected chi connectivity index (χ3v) is 9.58. The summed E-state index contributed by atoms with van der Waals surface area (Å²) in [7, 11) is 0. The summed E-state index contributed by atoms with van der Waals surface area (Å²) in [5.41, 5.74) is 10.7. The molecule has 10 rings (SSSR count). The van der Waals surface area contributed by atoms with E-state index in [-0.39, 0.29) is 6.17 Å². The number of aliphatic imine (C=N–C) groups is 2. The first-order chi connectivity index (χ1) is 24.8. The summed E-state index contributed by atoms with van der Waals surface area (Å²) in [6.45, 7) is 0. The van der Waals surface area contributed by atoms with E-state index in [9.17, 15) is 0 Å². The zero-order chi connectivity index (χ0) is 33.0. The van der Waals surface area contributed by atoms with Gasteiger partial charge >= 0.3 is 0 Å². The molecule has 236 valence electrons. The van der Waals surface area contributed by atoms with E-state index in [0.29, 0.717) is 5.84 Å². The van der Waals surface area contributed by atoms with Gasteiger partial charge in [0.15, 0.2) is 5.84 Å². The van der Waals surface area contributed by atoms with Crippen LogP contribution in [0.2, 0.25) is 0 Å². The highest BCUT2D eigenvalue weighted by atomic mass is 16.3. The summed E-state index contributed by atoms with van der Waals surface area (Å²) < 4.78 is 13.0. The molecule has 5 heteroatoms. The number of nitrogens with one attached hydrogen (secondary N) is 1. The highest BCUT2D eigenvalue weighted by molar-refractivity contribution is 6.20. The normalized spacial score (nSPS) is 14.6. The first-order valence-electron chi connectivity index (χ1n) is 16.8. The Bertz CT molecular complexity index is 2770. The van der Waals surface area contributed by atoms with Crippen molar-refractivity contribution in [1.82, 2.24) is 5.32 Å². The highest BCUT2D eigenvalue weighted by Gasteiger charge is 2.24. The van der Waals surface area contributed by atoms with Crippen LogP contribution < -0.4 is 5.32 Å². The number of fused-ring (bicyclic) bond motifs is 6. The molecule has 0 fully saturated rings. The third-order valence-electron chi connectivity index (χ3n) is 9.58. The van der Waals surface area contributed by atoms with Gasteiger partial charge < -0.3 is 14.2 Å². The fourth-order valence-electron chi connectivity index (χ4n) is 7.09. The van der Waals surface area contributed by atoms with E-state index in [2.05, 4.69) is 127 Å². The number of hydrogen-bond donors (Lipinski definition) is 1. The van der Waals surface area contributed by atoms with Gasteiger partial charge in [0.1, 0.15) is 34.3 Å². The van der Waals surface area contributed by atoms with Crippen LogP contribution >= 0.6 is 0 Å². The first kappa shape index (κ1) is 28.3. The van der Waals surface area contributed by atoms with Crippen LogP contribution in [0.4, 0.5) is 0 Å². The predicted octanol–water partition coefficient (Wildman–Crippen LogP) is 11.3. The molecular formula is C45H29N3O2. The number of para-hydroxylation sites is 3. The molecule has 50 heavy (non-hydrogen) atoms. The number of benzene rings is 7. The Kier molecular flexibility index (Phi) is 6.49. The number of hydrogen-bond acceptors (Lipinski definition) is 5.